The average Bonchev–Trinajstić information content (AvgIpc) is 3.28. The first-order valence-corrected chi connectivity index (χ1v) is 12.8. The lowest BCUT2D eigenvalue weighted by molar-refractivity contribution is 0.659. The van der Waals surface area contributed by atoms with Crippen LogP contribution >= 0.6 is 0 Å². The highest BCUT2D eigenvalue weighted by molar-refractivity contribution is 5.86. The van der Waals surface area contributed by atoms with E-state index in [4.69, 9.17) is 4.98 Å². The normalized spacial score (nSPS) is 15.7. The topological polar surface area (TPSA) is 12.9 Å². The molecule has 2 aliphatic rings. The summed E-state index contributed by atoms with van der Waals surface area (Å²) in [6.45, 7) is 9.31. The van der Waals surface area contributed by atoms with Gasteiger partial charge in [-0.3, -0.25) is 0 Å². The molecule has 1 heterocycles. The Labute approximate surface area is 213 Å². The molecule has 0 amide bonds. The van der Waals surface area contributed by atoms with Gasteiger partial charge in [-0.1, -0.05) is 113 Å². The van der Waals surface area contributed by atoms with E-state index in [0.717, 1.165) is 11.4 Å². The van der Waals surface area contributed by atoms with Gasteiger partial charge in [0.25, 0.3) is 0 Å². The van der Waals surface area contributed by atoms with E-state index in [-0.39, 0.29) is 10.8 Å². The van der Waals surface area contributed by atoms with Crippen molar-refractivity contribution < 1.29 is 0 Å². The van der Waals surface area contributed by atoms with Gasteiger partial charge in [0.1, 0.15) is 0 Å². The maximum atomic E-state index is 5.24. The smallest absolute Gasteiger partial charge is 0.0753 e. The van der Waals surface area contributed by atoms with Crippen LogP contribution in [0.4, 0.5) is 0 Å². The van der Waals surface area contributed by atoms with Crippen molar-refractivity contribution >= 4 is 0 Å². The number of nitrogens with zero attached hydrogens (tertiary/aromatic N) is 1. The highest BCUT2D eigenvalue weighted by atomic mass is 14.7. The van der Waals surface area contributed by atoms with E-state index < -0.39 is 0 Å². The summed E-state index contributed by atoms with van der Waals surface area (Å²) >= 11 is 0. The van der Waals surface area contributed by atoms with Gasteiger partial charge in [-0.25, -0.2) is 4.98 Å². The molecule has 0 spiro atoms. The molecular formula is C35H29N. The van der Waals surface area contributed by atoms with E-state index in [1.54, 1.807) is 0 Å². The van der Waals surface area contributed by atoms with Crippen LogP contribution in [0.25, 0.3) is 44.8 Å². The van der Waals surface area contributed by atoms with Crippen molar-refractivity contribution in [2.75, 3.05) is 0 Å². The molecule has 0 fully saturated rings. The molecule has 5 aromatic rings. The lowest BCUT2D eigenvalue weighted by Crippen LogP contribution is -2.15. The third-order valence-corrected chi connectivity index (χ3v) is 8.50. The molecule has 0 saturated carbocycles. The highest BCUT2D eigenvalue weighted by Crippen LogP contribution is 2.51. The molecule has 0 atom stereocenters. The summed E-state index contributed by atoms with van der Waals surface area (Å²) in [7, 11) is 0. The lowest BCUT2D eigenvalue weighted by atomic mass is 9.81. The summed E-state index contributed by atoms with van der Waals surface area (Å²) in [5.41, 5.74) is 15.2. The van der Waals surface area contributed by atoms with Gasteiger partial charge in [-0.05, 0) is 62.7 Å². The Balaban J connectivity index is 1.33. The second-order valence-corrected chi connectivity index (χ2v) is 11.3. The zero-order valence-electron chi connectivity index (χ0n) is 21.3. The van der Waals surface area contributed by atoms with Gasteiger partial charge in [0.15, 0.2) is 0 Å². The average molecular weight is 464 g/mol. The van der Waals surface area contributed by atoms with Gasteiger partial charge in [-0.2, -0.15) is 0 Å². The predicted molar refractivity (Wildman–Crippen MR) is 150 cm³/mol. The molecule has 2 aliphatic carbocycles. The molecule has 36 heavy (non-hydrogen) atoms. The SMILES string of the molecule is CC1(C)c2cc(-c3ccccc3)ccc2-c2ccc(-c3ccc4c(n3)-c3ccccc3C4(C)C)cc21. The van der Waals surface area contributed by atoms with Crippen molar-refractivity contribution in [3.8, 4) is 44.8 Å². The molecule has 0 radical (unpaired) electrons. The van der Waals surface area contributed by atoms with Gasteiger partial charge < -0.3 is 0 Å². The largest absolute Gasteiger partial charge is 0.247 e. The monoisotopic (exact) mass is 463 g/mol. The van der Waals surface area contributed by atoms with Crippen LogP contribution in [0.5, 0.6) is 0 Å². The molecular weight excluding hydrogens is 434 g/mol. The molecule has 174 valence electrons. The highest BCUT2D eigenvalue weighted by Gasteiger charge is 2.38. The molecule has 0 aliphatic heterocycles. The lowest BCUT2D eigenvalue weighted by Gasteiger charge is -2.23. The molecule has 7 rings (SSSR count). The van der Waals surface area contributed by atoms with Gasteiger partial charge in [0.2, 0.25) is 0 Å². The fraction of sp³-hybridized carbons (Fsp3) is 0.171. The molecule has 1 nitrogen and oxygen atoms in total. The third kappa shape index (κ3) is 2.86. The zero-order chi connectivity index (χ0) is 24.7. The summed E-state index contributed by atoms with van der Waals surface area (Å²) in [5, 5.41) is 0. The van der Waals surface area contributed by atoms with Gasteiger partial charge in [0.05, 0.1) is 11.4 Å². The number of hydrogen-bond donors (Lipinski definition) is 0. The van der Waals surface area contributed by atoms with Crippen molar-refractivity contribution in [1.82, 2.24) is 4.98 Å². The summed E-state index contributed by atoms with van der Waals surface area (Å²) < 4.78 is 0. The number of hydrogen-bond acceptors (Lipinski definition) is 1. The Morgan fingerprint density at radius 2 is 1.06 bits per heavy atom. The number of fused-ring (bicyclic) bond motifs is 6. The number of benzene rings is 4. The van der Waals surface area contributed by atoms with Crippen LogP contribution in [0, 0.1) is 0 Å². The van der Waals surface area contributed by atoms with Crippen LogP contribution in [-0.4, -0.2) is 4.98 Å². The fourth-order valence-electron chi connectivity index (χ4n) is 6.42. The summed E-state index contributed by atoms with van der Waals surface area (Å²) in [4.78, 5) is 5.24. The van der Waals surface area contributed by atoms with E-state index in [1.807, 2.05) is 0 Å². The second-order valence-electron chi connectivity index (χ2n) is 11.3. The van der Waals surface area contributed by atoms with Crippen LogP contribution in [0.3, 0.4) is 0 Å². The fourth-order valence-corrected chi connectivity index (χ4v) is 6.42. The minimum atomic E-state index is -0.0726. The molecule has 0 unspecified atom stereocenters. The van der Waals surface area contributed by atoms with E-state index in [0.29, 0.717) is 0 Å². The van der Waals surface area contributed by atoms with E-state index in [2.05, 4.69) is 131 Å². The van der Waals surface area contributed by atoms with Crippen molar-refractivity contribution in [2.45, 2.75) is 38.5 Å². The minimum Gasteiger partial charge on any atom is -0.247 e. The first-order valence-electron chi connectivity index (χ1n) is 12.8. The van der Waals surface area contributed by atoms with Crippen LogP contribution in [0.15, 0.2) is 103 Å². The second kappa shape index (κ2) is 7.27. The maximum Gasteiger partial charge on any atom is 0.0753 e. The Kier molecular flexibility index (Phi) is 4.31. The first-order chi connectivity index (χ1) is 17.4. The third-order valence-electron chi connectivity index (χ3n) is 8.50. The molecule has 0 bridgehead atoms. The quantitative estimate of drug-likeness (QED) is 0.254. The predicted octanol–water partition coefficient (Wildman–Crippen LogP) is 9.03. The molecule has 4 aromatic carbocycles. The number of pyridine rings is 1. The Hall–Kier alpha value is -3.97. The van der Waals surface area contributed by atoms with Crippen LogP contribution in [0.2, 0.25) is 0 Å². The van der Waals surface area contributed by atoms with Crippen LogP contribution < -0.4 is 0 Å². The summed E-state index contributed by atoms with van der Waals surface area (Å²) in [6, 6.07) is 37.7. The van der Waals surface area contributed by atoms with Gasteiger partial charge >= 0.3 is 0 Å². The zero-order valence-corrected chi connectivity index (χ0v) is 21.3. The van der Waals surface area contributed by atoms with E-state index in [9.17, 15) is 0 Å². The molecule has 1 heteroatoms. The Bertz CT molecular complexity index is 1670. The van der Waals surface area contributed by atoms with Crippen molar-refractivity contribution in [1.29, 1.82) is 0 Å². The number of rotatable bonds is 2. The standard InChI is InChI=1S/C35H29N/c1-34(2)28-13-9-8-12-27(28)33-29(34)18-19-32(36-33)24-15-17-26-25-16-14-23(22-10-6-5-7-11-22)20-30(25)35(3,4)31(26)21-24/h5-21H,1-4H3. The first kappa shape index (κ1) is 21.3. The van der Waals surface area contributed by atoms with Crippen molar-refractivity contribution in [3.05, 3.63) is 125 Å². The molecule has 0 N–H and O–H groups in total. The van der Waals surface area contributed by atoms with Crippen LogP contribution in [-0.2, 0) is 10.8 Å². The Morgan fingerprint density at radius 1 is 0.444 bits per heavy atom. The number of aromatic nitrogens is 1. The summed E-state index contributed by atoms with van der Waals surface area (Å²) in [5.74, 6) is 0. The maximum absolute atomic E-state index is 5.24. The van der Waals surface area contributed by atoms with E-state index in [1.165, 1.54) is 55.6 Å². The summed E-state index contributed by atoms with van der Waals surface area (Å²) in [6.07, 6.45) is 0. The minimum absolute atomic E-state index is 0.0184. The molecule has 0 saturated heterocycles. The molecule has 1 aromatic heterocycles. The van der Waals surface area contributed by atoms with Gasteiger partial charge in [0, 0.05) is 22.0 Å². The van der Waals surface area contributed by atoms with Crippen molar-refractivity contribution in [2.24, 2.45) is 0 Å². The van der Waals surface area contributed by atoms with Crippen LogP contribution in [0.1, 0.15) is 49.9 Å². The van der Waals surface area contributed by atoms with Gasteiger partial charge in [-0.15, -0.1) is 0 Å². The Morgan fingerprint density at radius 3 is 1.81 bits per heavy atom. The van der Waals surface area contributed by atoms with Crippen molar-refractivity contribution in [3.63, 3.8) is 0 Å². The van der Waals surface area contributed by atoms with E-state index >= 15 is 0 Å².